The molecule has 1 saturated heterocycles. The molecule has 0 spiro atoms. The lowest BCUT2D eigenvalue weighted by Gasteiger charge is -2.56. The van der Waals surface area contributed by atoms with E-state index in [0.717, 1.165) is 17.8 Å². The Bertz CT molecular complexity index is 1140. The van der Waals surface area contributed by atoms with E-state index in [1.165, 1.54) is 43.4 Å². The number of pyridine rings is 1. The minimum Gasteiger partial charge on any atom is -0.350 e. The number of hydrogen-bond acceptors (Lipinski definition) is 3. The van der Waals surface area contributed by atoms with Gasteiger partial charge in [-0.2, -0.15) is 13.2 Å². The van der Waals surface area contributed by atoms with Gasteiger partial charge in [-0.25, -0.2) is 4.98 Å². The molecule has 1 atom stereocenters. The van der Waals surface area contributed by atoms with Crippen molar-refractivity contribution in [2.45, 2.75) is 64.0 Å². The van der Waals surface area contributed by atoms with Gasteiger partial charge in [-0.05, 0) is 86.7 Å². The average molecular weight is 503 g/mol. The number of carbonyl (C=O) groups excluding carboxylic acids is 2. The van der Waals surface area contributed by atoms with Crippen LogP contribution >= 0.6 is 0 Å². The Balaban J connectivity index is 1.13. The van der Waals surface area contributed by atoms with Crippen LogP contribution in [0.15, 0.2) is 24.4 Å². The predicted molar refractivity (Wildman–Crippen MR) is 127 cm³/mol. The highest BCUT2D eigenvalue weighted by Crippen LogP contribution is 2.59. The summed E-state index contributed by atoms with van der Waals surface area (Å²) in [4.78, 5) is 31.8. The summed E-state index contributed by atoms with van der Waals surface area (Å²) in [7, 11) is 0. The SMILES string of the molecule is O=C(NCC12CC3CC(CC(C3)C1)C2)c1cccc2nc(CC(=O)N3CCCC(C(F)(F)F)C3)cn12. The lowest BCUT2D eigenvalue weighted by atomic mass is 9.49. The molecule has 0 radical (unpaired) electrons. The van der Waals surface area contributed by atoms with E-state index in [2.05, 4.69) is 10.3 Å². The van der Waals surface area contributed by atoms with E-state index in [9.17, 15) is 22.8 Å². The van der Waals surface area contributed by atoms with Crippen LogP contribution in [0.4, 0.5) is 13.2 Å². The van der Waals surface area contributed by atoms with Crippen LogP contribution in [0.2, 0.25) is 0 Å². The Hall–Kier alpha value is -2.58. The number of alkyl halides is 3. The number of fused-ring (bicyclic) bond motifs is 1. The fraction of sp³-hybridized carbons (Fsp3) is 0.667. The van der Waals surface area contributed by atoms with Crippen LogP contribution < -0.4 is 5.32 Å². The van der Waals surface area contributed by atoms with Crippen molar-refractivity contribution in [1.29, 1.82) is 0 Å². The van der Waals surface area contributed by atoms with Crippen molar-refractivity contribution >= 4 is 17.5 Å². The third-order valence-corrected chi connectivity index (χ3v) is 9.13. The smallest absolute Gasteiger partial charge is 0.350 e. The van der Waals surface area contributed by atoms with Crippen molar-refractivity contribution < 1.29 is 22.8 Å². The molecular formula is C27H33F3N4O2. The molecule has 3 heterocycles. The zero-order chi connectivity index (χ0) is 25.1. The van der Waals surface area contributed by atoms with Crippen LogP contribution in [0.5, 0.6) is 0 Å². The zero-order valence-corrected chi connectivity index (χ0v) is 20.4. The molecule has 7 rings (SSSR count). The van der Waals surface area contributed by atoms with Crippen LogP contribution in [-0.4, -0.2) is 51.9 Å². The van der Waals surface area contributed by atoms with Gasteiger partial charge in [-0.15, -0.1) is 0 Å². The number of rotatable bonds is 5. The highest BCUT2D eigenvalue weighted by molar-refractivity contribution is 5.93. The number of likely N-dealkylation sites (tertiary alicyclic amines) is 1. The van der Waals surface area contributed by atoms with Crippen LogP contribution in [0.3, 0.4) is 0 Å². The van der Waals surface area contributed by atoms with Crippen molar-refractivity contribution in [2.75, 3.05) is 19.6 Å². The fourth-order valence-electron chi connectivity index (χ4n) is 7.93. The monoisotopic (exact) mass is 502 g/mol. The Morgan fingerprint density at radius 2 is 1.78 bits per heavy atom. The number of imidazole rings is 1. The van der Waals surface area contributed by atoms with Crippen molar-refractivity contribution in [3.8, 4) is 0 Å². The molecule has 2 amide bonds. The van der Waals surface area contributed by atoms with Crippen molar-refractivity contribution in [1.82, 2.24) is 19.6 Å². The maximum atomic E-state index is 13.2. The number of piperidine rings is 1. The van der Waals surface area contributed by atoms with Crippen molar-refractivity contribution in [3.05, 3.63) is 35.8 Å². The summed E-state index contributed by atoms with van der Waals surface area (Å²) in [5.74, 6) is 0.460. The van der Waals surface area contributed by atoms with Gasteiger partial charge in [0.2, 0.25) is 5.91 Å². The highest BCUT2D eigenvalue weighted by Gasteiger charge is 2.50. The van der Waals surface area contributed by atoms with E-state index in [4.69, 9.17) is 0 Å². The Morgan fingerprint density at radius 3 is 2.44 bits per heavy atom. The molecule has 1 aliphatic heterocycles. The number of nitrogens with one attached hydrogen (secondary N) is 1. The summed E-state index contributed by atoms with van der Waals surface area (Å²) in [5.41, 5.74) is 1.69. The van der Waals surface area contributed by atoms with Crippen molar-refractivity contribution in [2.24, 2.45) is 29.1 Å². The molecule has 2 aromatic rings. The first kappa shape index (κ1) is 23.8. The molecule has 5 fully saturated rings. The quantitative estimate of drug-likeness (QED) is 0.649. The highest BCUT2D eigenvalue weighted by atomic mass is 19.4. The van der Waals surface area contributed by atoms with Gasteiger partial charge in [0.1, 0.15) is 11.3 Å². The first-order valence-corrected chi connectivity index (χ1v) is 13.3. The summed E-state index contributed by atoms with van der Waals surface area (Å²) in [6, 6.07) is 5.28. The summed E-state index contributed by atoms with van der Waals surface area (Å²) in [5, 5.41) is 3.20. The predicted octanol–water partition coefficient (Wildman–Crippen LogP) is 4.62. The van der Waals surface area contributed by atoms with Gasteiger partial charge < -0.3 is 10.2 Å². The number of amides is 2. The molecule has 0 aromatic carbocycles. The molecule has 1 unspecified atom stereocenters. The lowest BCUT2D eigenvalue weighted by Crippen LogP contribution is -2.51. The lowest BCUT2D eigenvalue weighted by molar-refractivity contribution is -0.187. The number of aromatic nitrogens is 2. The summed E-state index contributed by atoms with van der Waals surface area (Å²) >= 11 is 0. The molecule has 9 heteroatoms. The third kappa shape index (κ3) is 4.50. The third-order valence-electron chi connectivity index (χ3n) is 9.13. The standard InChI is InChI=1S/C27H33F3N4O2/c28-27(29,30)20-3-2-6-33(14-20)24(35)10-21-15-34-22(4-1-5-23(34)32-21)25(36)31-16-26-11-17-7-18(12-26)9-19(8-17)13-26/h1,4-5,15,17-20H,2-3,6-14,16H2,(H,31,36). The largest absolute Gasteiger partial charge is 0.393 e. The Morgan fingerprint density at radius 1 is 1.08 bits per heavy atom. The Labute approximate surface area is 208 Å². The molecule has 1 N–H and O–H groups in total. The molecule has 4 aliphatic carbocycles. The second-order valence-electron chi connectivity index (χ2n) is 11.9. The van der Waals surface area contributed by atoms with E-state index in [0.29, 0.717) is 36.5 Å². The van der Waals surface area contributed by atoms with Gasteiger partial charge in [0.25, 0.3) is 5.91 Å². The van der Waals surface area contributed by atoms with Gasteiger partial charge in [-0.3, -0.25) is 14.0 Å². The van der Waals surface area contributed by atoms with Gasteiger partial charge in [0, 0.05) is 25.8 Å². The van der Waals surface area contributed by atoms with E-state index in [1.54, 1.807) is 28.8 Å². The number of hydrogen-bond donors (Lipinski definition) is 1. The molecule has 5 aliphatic rings. The summed E-state index contributed by atoms with van der Waals surface area (Å²) in [6.07, 6.45) is 5.41. The summed E-state index contributed by atoms with van der Waals surface area (Å²) in [6.45, 7) is 0.728. The second-order valence-corrected chi connectivity index (χ2v) is 11.9. The van der Waals surface area contributed by atoms with E-state index in [1.807, 2.05) is 0 Å². The number of nitrogens with zero attached hydrogens (tertiary/aromatic N) is 3. The van der Waals surface area contributed by atoms with Crippen LogP contribution in [0, 0.1) is 29.1 Å². The van der Waals surface area contributed by atoms with Gasteiger partial charge in [0.05, 0.1) is 18.0 Å². The van der Waals surface area contributed by atoms with Crippen LogP contribution in [0.1, 0.15) is 67.5 Å². The van der Waals surface area contributed by atoms with E-state index < -0.39 is 12.1 Å². The molecule has 4 bridgehead atoms. The minimum absolute atomic E-state index is 0.0589. The van der Waals surface area contributed by atoms with Gasteiger partial charge in [-0.1, -0.05) is 6.07 Å². The van der Waals surface area contributed by atoms with Gasteiger partial charge in [0.15, 0.2) is 0 Å². The minimum atomic E-state index is -4.29. The molecular weight excluding hydrogens is 469 g/mol. The zero-order valence-electron chi connectivity index (χ0n) is 20.4. The molecule has 36 heavy (non-hydrogen) atoms. The average Bonchev–Trinajstić information content (AvgIpc) is 3.24. The van der Waals surface area contributed by atoms with Crippen LogP contribution in [-0.2, 0) is 11.2 Å². The molecule has 2 aromatic heterocycles. The second kappa shape index (κ2) is 8.77. The summed E-state index contributed by atoms with van der Waals surface area (Å²) < 4.78 is 41.1. The topological polar surface area (TPSA) is 66.7 Å². The molecule has 194 valence electrons. The molecule has 6 nitrogen and oxygen atoms in total. The first-order valence-electron chi connectivity index (χ1n) is 13.3. The first-order chi connectivity index (χ1) is 17.2. The maximum Gasteiger partial charge on any atom is 0.393 e. The van der Waals surface area contributed by atoms with Gasteiger partial charge >= 0.3 is 6.18 Å². The van der Waals surface area contributed by atoms with Crippen LogP contribution in [0.25, 0.3) is 5.65 Å². The van der Waals surface area contributed by atoms with E-state index in [-0.39, 0.29) is 36.6 Å². The van der Waals surface area contributed by atoms with Crippen molar-refractivity contribution in [3.63, 3.8) is 0 Å². The number of carbonyl (C=O) groups is 2. The molecule has 4 saturated carbocycles. The fourth-order valence-corrected chi connectivity index (χ4v) is 7.93. The maximum absolute atomic E-state index is 13.2. The Kier molecular flexibility index (Phi) is 5.80. The van der Waals surface area contributed by atoms with E-state index >= 15 is 0 Å². The number of halogens is 3. The normalized spacial score (nSPS) is 31.7.